The van der Waals surface area contributed by atoms with Gasteiger partial charge in [0, 0.05) is 0 Å². The highest BCUT2D eigenvalue weighted by atomic mass is 19.4. The van der Waals surface area contributed by atoms with Crippen molar-refractivity contribution in [2.45, 2.75) is 70.4 Å². The number of unbranched alkanes of at least 4 members (excludes halogenated alkanes) is 2. The standard InChI is InChI=1S/C27H34F3NO2/c1-3-5-7-12-22(26(32)33-4-2)24-18-21(19-10-8-6-9-11-19)17-23(25(24)27(28,29)30)20-13-15-31-16-14-20/h6,8-11,17-18,20,22,31H,3-5,7,12-16H2,1-2H3. The molecule has 1 fully saturated rings. The van der Waals surface area contributed by atoms with Crippen LogP contribution in [0.25, 0.3) is 11.1 Å². The molecule has 2 aromatic carbocycles. The third-order valence-electron chi connectivity index (χ3n) is 6.41. The van der Waals surface area contributed by atoms with E-state index in [0.29, 0.717) is 44.3 Å². The number of nitrogens with one attached hydrogen (secondary N) is 1. The number of piperidine rings is 1. The molecule has 1 unspecified atom stereocenters. The van der Waals surface area contributed by atoms with Crippen LogP contribution >= 0.6 is 0 Å². The summed E-state index contributed by atoms with van der Waals surface area (Å²) in [6, 6.07) is 12.7. The van der Waals surface area contributed by atoms with Crippen molar-refractivity contribution in [1.29, 1.82) is 0 Å². The van der Waals surface area contributed by atoms with E-state index in [0.717, 1.165) is 24.0 Å². The highest BCUT2D eigenvalue weighted by Crippen LogP contribution is 2.45. The molecule has 6 heteroatoms. The number of hydrogen-bond acceptors (Lipinski definition) is 3. The maximum Gasteiger partial charge on any atom is 0.416 e. The van der Waals surface area contributed by atoms with Gasteiger partial charge in [-0.2, -0.15) is 13.2 Å². The third kappa shape index (κ3) is 6.38. The van der Waals surface area contributed by atoms with Gasteiger partial charge in [-0.25, -0.2) is 0 Å². The zero-order valence-corrected chi connectivity index (χ0v) is 19.5. The van der Waals surface area contributed by atoms with Crippen LogP contribution in [-0.2, 0) is 15.7 Å². The van der Waals surface area contributed by atoms with Crippen molar-refractivity contribution in [2.75, 3.05) is 19.7 Å². The summed E-state index contributed by atoms with van der Waals surface area (Å²) in [5, 5.41) is 3.24. The Bertz CT molecular complexity index is 906. The summed E-state index contributed by atoms with van der Waals surface area (Å²) in [6.45, 7) is 5.23. The number of alkyl halides is 3. The van der Waals surface area contributed by atoms with Crippen molar-refractivity contribution >= 4 is 5.97 Å². The Labute approximate surface area is 194 Å². The molecule has 180 valence electrons. The molecule has 2 aromatic rings. The molecule has 0 aromatic heterocycles. The Morgan fingerprint density at radius 2 is 1.76 bits per heavy atom. The van der Waals surface area contributed by atoms with Gasteiger partial charge in [0.05, 0.1) is 18.1 Å². The van der Waals surface area contributed by atoms with Crippen LogP contribution in [0.15, 0.2) is 42.5 Å². The minimum absolute atomic E-state index is 0.0620. The molecule has 0 amide bonds. The first-order valence-corrected chi connectivity index (χ1v) is 12.0. The number of rotatable bonds is 9. The summed E-state index contributed by atoms with van der Waals surface area (Å²) >= 11 is 0. The first kappa shape index (κ1) is 25.3. The fraction of sp³-hybridized carbons (Fsp3) is 0.519. The van der Waals surface area contributed by atoms with Gasteiger partial charge in [-0.15, -0.1) is 0 Å². The van der Waals surface area contributed by atoms with E-state index in [4.69, 9.17) is 4.74 Å². The zero-order valence-electron chi connectivity index (χ0n) is 19.5. The van der Waals surface area contributed by atoms with Gasteiger partial charge in [-0.05, 0) is 73.5 Å². The van der Waals surface area contributed by atoms with Crippen molar-refractivity contribution in [3.63, 3.8) is 0 Å². The molecule has 33 heavy (non-hydrogen) atoms. The van der Waals surface area contributed by atoms with Crippen molar-refractivity contribution in [1.82, 2.24) is 5.32 Å². The molecular formula is C27H34F3NO2. The van der Waals surface area contributed by atoms with Gasteiger partial charge < -0.3 is 10.1 Å². The average Bonchev–Trinajstić information content (AvgIpc) is 2.81. The lowest BCUT2D eigenvalue weighted by Crippen LogP contribution is -2.29. The van der Waals surface area contributed by atoms with E-state index < -0.39 is 23.6 Å². The fourth-order valence-electron chi connectivity index (χ4n) is 4.78. The van der Waals surface area contributed by atoms with Crippen molar-refractivity contribution < 1.29 is 22.7 Å². The van der Waals surface area contributed by atoms with Crippen LogP contribution in [0.4, 0.5) is 13.2 Å². The Morgan fingerprint density at radius 1 is 1.06 bits per heavy atom. The molecule has 1 aliphatic rings. The molecule has 1 heterocycles. The van der Waals surface area contributed by atoms with Gasteiger partial charge in [0.2, 0.25) is 0 Å². The van der Waals surface area contributed by atoms with Crippen LogP contribution < -0.4 is 5.32 Å². The molecule has 3 nitrogen and oxygen atoms in total. The van der Waals surface area contributed by atoms with Gasteiger partial charge in [-0.3, -0.25) is 4.79 Å². The molecule has 0 bridgehead atoms. The highest BCUT2D eigenvalue weighted by Gasteiger charge is 2.41. The van der Waals surface area contributed by atoms with Crippen LogP contribution in [0.1, 0.15) is 80.9 Å². The summed E-state index contributed by atoms with van der Waals surface area (Å²) in [7, 11) is 0. The molecule has 0 aliphatic carbocycles. The largest absolute Gasteiger partial charge is 0.466 e. The summed E-state index contributed by atoms with van der Waals surface area (Å²) in [6.07, 6.45) is -0.473. The lowest BCUT2D eigenvalue weighted by atomic mass is 9.79. The normalized spacial score (nSPS) is 15.9. The van der Waals surface area contributed by atoms with E-state index in [1.807, 2.05) is 37.3 Å². The van der Waals surface area contributed by atoms with E-state index in [9.17, 15) is 18.0 Å². The molecule has 1 N–H and O–H groups in total. The predicted octanol–water partition coefficient (Wildman–Crippen LogP) is 7.07. The summed E-state index contributed by atoms with van der Waals surface area (Å²) in [5.41, 5.74) is 1.30. The highest BCUT2D eigenvalue weighted by molar-refractivity contribution is 5.80. The number of esters is 1. The van der Waals surface area contributed by atoms with E-state index >= 15 is 0 Å². The Balaban J connectivity index is 2.24. The van der Waals surface area contributed by atoms with Crippen LogP contribution in [-0.4, -0.2) is 25.7 Å². The Morgan fingerprint density at radius 3 is 2.36 bits per heavy atom. The Kier molecular flexibility index (Phi) is 8.95. The first-order valence-electron chi connectivity index (χ1n) is 12.0. The molecule has 1 aliphatic heterocycles. The van der Waals surface area contributed by atoms with Crippen LogP contribution in [0.5, 0.6) is 0 Å². The number of hydrogen-bond donors (Lipinski definition) is 1. The van der Waals surface area contributed by atoms with Gasteiger partial charge in [-0.1, -0.05) is 62.6 Å². The molecule has 0 radical (unpaired) electrons. The molecule has 0 spiro atoms. The van der Waals surface area contributed by atoms with E-state index in [1.165, 1.54) is 0 Å². The second-order valence-corrected chi connectivity index (χ2v) is 8.72. The van der Waals surface area contributed by atoms with E-state index in [2.05, 4.69) is 5.32 Å². The second kappa shape index (κ2) is 11.7. The Hall–Kier alpha value is -2.34. The average molecular weight is 462 g/mol. The fourth-order valence-corrected chi connectivity index (χ4v) is 4.78. The lowest BCUT2D eigenvalue weighted by molar-refractivity contribution is -0.146. The number of carbonyl (C=O) groups excluding carboxylic acids is 1. The van der Waals surface area contributed by atoms with Crippen molar-refractivity contribution in [3.8, 4) is 11.1 Å². The van der Waals surface area contributed by atoms with Gasteiger partial charge in [0.25, 0.3) is 0 Å². The lowest BCUT2D eigenvalue weighted by Gasteiger charge is -2.30. The topological polar surface area (TPSA) is 38.3 Å². The number of halogens is 3. The van der Waals surface area contributed by atoms with Gasteiger partial charge in [0.15, 0.2) is 0 Å². The van der Waals surface area contributed by atoms with E-state index in [1.54, 1.807) is 19.1 Å². The minimum atomic E-state index is -4.56. The van der Waals surface area contributed by atoms with Gasteiger partial charge in [0.1, 0.15) is 0 Å². The van der Waals surface area contributed by atoms with Gasteiger partial charge >= 0.3 is 12.1 Å². The smallest absolute Gasteiger partial charge is 0.416 e. The minimum Gasteiger partial charge on any atom is -0.466 e. The quantitative estimate of drug-likeness (QED) is 0.321. The zero-order chi connectivity index (χ0) is 23.8. The third-order valence-corrected chi connectivity index (χ3v) is 6.41. The predicted molar refractivity (Wildman–Crippen MR) is 125 cm³/mol. The summed E-state index contributed by atoms with van der Waals surface area (Å²) in [4.78, 5) is 13.0. The molecule has 0 saturated carbocycles. The number of ether oxygens (including phenoxy) is 1. The first-order chi connectivity index (χ1) is 15.9. The number of benzene rings is 2. The molecule has 1 atom stereocenters. The van der Waals surface area contributed by atoms with Crippen molar-refractivity contribution in [3.05, 3.63) is 59.2 Å². The summed E-state index contributed by atoms with van der Waals surface area (Å²) < 4.78 is 49.2. The summed E-state index contributed by atoms with van der Waals surface area (Å²) in [5.74, 6) is -1.71. The SMILES string of the molecule is CCCCCC(C(=O)OCC)c1cc(-c2ccccc2)cc(C2CCNCC2)c1C(F)(F)F. The molecule has 3 rings (SSSR count). The molecule has 1 saturated heterocycles. The van der Waals surface area contributed by atoms with Crippen molar-refractivity contribution in [2.24, 2.45) is 0 Å². The molecular weight excluding hydrogens is 427 g/mol. The van der Waals surface area contributed by atoms with E-state index in [-0.39, 0.29) is 18.1 Å². The van der Waals surface area contributed by atoms with Crippen LogP contribution in [0, 0.1) is 0 Å². The maximum atomic E-state index is 14.6. The van der Waals surface area contributed by atoms with Crippen LogP contribution in [0.2, 0.25) is 0 Å². The van der Waals surface area contributed by atoms with Crippen LogP contribution in [0.3, 0.4) is 0 Å². The maximum absolute atomic E-state index is 14.6. The second-order valence-electron chi connectivity index (χ2n) is 8.72. The number of carbonyl (C=O) groups is 1. The monoisotopic (exact) mass is 461 g/mol.